The van der Waals surface area contributed by atoms with Crippen molar-refractivity contribution in [3.05, 3.63) is 12.4 Å². The molecule has 2 heterocycles. The minimum Gasteiger partial charge on any atom is -0.476 e. The lowest BCUT2D eigenvalue weighted by Crippen LogP contribution is -2.34. The smallest absolute Gasteiger partial charge is 0.218 e. The van der Waals surface area contributed by atoms with E-state index in [9.17, 15) is 0 Å². The van der Waals surface area contributed by atoms with Crippen molar-refractivity contribution in [2.24, 2.45) is 11.7 Å². The maximum atomic E-state index is 5.41. The predicted octanol–water partition coefficient (Wildman–Crippen LogP) is 1.05. The molecule has 1 saturated heterocycles. The highest BCUT2D eigenvalue weighted by Gasteiger charge is 2.17. The minimum absolute atomic E-state index is 0.493. The first kappa shape index (κ1) is 12.1. The normalized spacial score (nSPS) is 20.4. The lowest BCUT2D eigenvalue weighted by molar-refractivity contribution is 0.314. The first-order chi connectivity index (χ1) is 8.29. The van der Waals surface area contributed by atoms with E-state index in [0.29, 0.717) is 19.0 Å². The third-order valence-corrected chi connectivity index (χ3v) is 2.98. The average molecular weight is 236 g/mol. The van der Waals surface area contributed by atoms with Crippen LogP contribution in [0.1, 0.15) is 19.8 Å². The molecule has 2 N–H and O–H groups in total. The molecule has 5 nitrogen and oxygen atoms in total. The van der Waals surface area contributed by atoms with Gasteiger partial charge in [-0.1, -0.05) is 6.92 Å². The van der Waals surface area contributed by atoms with Gasteiger partial charge >= 0.3 is 0 Å². The highest BCUT2D eigenvalue weighted by Crippen LogP contribution is 2.22. The van der Waals surface area contributed by atoms with Gasteiger partial charge in [0, 0.05) is 25.7 Å². The number of nitrogens with two attached hydrogens (primary N) is 1. The topological polar surface area (TPSA) is 64.3 Å². The molecule has 0 amide bonds. The molecule has 0 bridgehead atoms. The van der Waals surface area contributed by atoms with Gasteiger partial charge in [-0.05, 0) is 18.8 Å². The summed E-state index contributed by atoms with van der Waals surface area (Å²) in [6.07, 6.45) is 4.09. The standard InChI is InChI=1S/C12H20N4O/c1-10-3-2-5-16(8-10)11-7-12(15-9-14-11)17-6-4-13/h7,9-10H,2-6,8,13H2,1H3/t10-/m0/s1. The van der Waals surface area contributed by atoms with Gasteiger partial charge < -0.3 is 15.4 Å². The fraction of sp³-hybridized carbons (Fsp3) is 0.667. The maximum absolute atomic E-state index is 5.41. The van der Waals surface area contributed by atoms with Crippen molar-refractivity contribution in [1.82, 2.24) is 9.97 Å². The van der Waals surface area contributed by atoms with E-state index < -0.39 is 0 Å². The van der Waals surface area contributed by atoms with Crippen LogP contribution in [0.15, 0.2) is 12.4 Å². The van der Waals surface area contributed by atoms with Crippen molar-refractivity contribution < 1.29 is 4.74 Å². The molecule has 5 heteroatoms. The SMILES string of the molecule is C[C@H]1CCCN(c2cc(OCCN)ncn2)C1. The summed E-state index contributed by atoms with van der Waals surface area (Å²) >= 11 is 0. The lowest BCUT2D eigenvalue weighted by Gasteiger charge is -2.31. The third kappa shape index (κ3) is 3.30. The molecule has 1 aromatic rings. The van der Waals surface area contributed by atoms with Crippen LogP contribution in [0.2, 0.25) is 0 Å². The number of hydrogen-bond acceptors (Lipinski definition) is 5. The minimum atomic E-state index is 0.493. The molecule has 0 spiro atoms. The summed E-state index contributed by atoms with van der Waals surface area (Å²) in [6.45, 7) is 5.40. The average Bonchev–Trinajstić information content (AvgIpc) is 2.37. The van der Waals surface area contributed by atoms with E-state index in [1.165, 1.54) is 12.8 Å². The molecule has 0 saturated carbocycles. The van der Waals surface area contributed by atoms with Gasteiger partial charge in [0.25, 0.3) is 0 Å². The van der Waals surface area contributed by atoms with Crippen LogP contribution in [0.5, 0.6) is 5.88 Å². The second-order valence-electron chi connectivity index (χ2n) is 4.54. The van der Waals surface area contributed by atoms with E-state index in [1.807, 2.05) is 6.07 Å². The first-order valence-corrected chi connectivity index (χ1v) is 6.19. The van der Waals surface area contributed by atoms with Gasteiger partial charge in [-0.2, -0.15) is 0 Å². The zero-order chi connectivity index (χ0) is 12.1. The summed E-state index contributed by atoms with van der Waals surface area (Å²) < 4.78 is 5.41. The number of rotatable bonds is 4. The maximum Gasteiger partial charge on any atom is 0.218 e. The van der Waals surface area contributed by atoms with Gasteiger partial charge in [-0.25, -0.2) is 9.97 Å². The van der Waals surface area contributed by atoms with Gasteiger partial charge in [-0.3, -0.25) is 0 Å². The number of hydrogen-bond donors (Lipinski definition) is 1. The Balaban J connectivity index is 2.04. The van der Waals surface area contributed by atoms with Crippen molar-refractivity contribution in [3.63, 3.8) is 0 Å². The van der Waals surface area contributed by atoms with Crippen LogP contribution >= 0.6 is 0 Å². The summed E-state index contributed by atoms with van der Waals surface area (Å²) in [5.74, 6) is 2.30. The number of aromatic nitrogens is 2. The molecule has 2 rings (SSSR count). The van der Waals surface area contributed by atoms with Crippen LogP contribution in [0.3, 0.4) is 0 Å². The number of ether oxygens (including phenoxy) is 1. The summed E-state index contributed by atoms with van der Waals surface area (Å²) in [5, 5.41) is 0. The van der Waals surface area contributed by atoms with Gasteiger partial charge in [0.2, 0.25) is 5.88 Å². The molecular weight excluding hydrogens is 216 g/mol. The second kappa shape index (κ2) is 5.82. The zero-order valence-electron chi connectivity index (χ0n) is 10.3. The van der Waals surface area contributed by atoms with Crippen LogP contribution in [0, 0.1) is 5.92 Å². The Labute approximate surface area is 102 Å². The van der Waals surface area contributed by atoms with Crippen molar-refractivity contribution in [2.75, 3.05) is 31.1 Å². The van der Waals surface area contributed by atoms with Crippen molar-refractivity contribution in [2.45, 2.75) is 19.8 Å². The fourth-order valence-electron chi connectivity index (χ4n) is 2.14. The Kier molecular flexibility index (Phi) is 4.14. The Hall–Kier alpha value is -1.36. The molecule has 1 aliphatic heterocycles. The highest BCUT2D eigenvalue weighted by molar-refractivity contribution is 5.41. The number of piperidine rings is 1. The Bertz CT molecular complexity index is 358. The summed E-state index contributed by atoms with van der Waals surface area (Å²) in [7, 11) is 0. The van der Waals surface area contributed by atoms with Crippen molar-refractivity contribution >= 4 is 5.82 Å². The van der Waals surface area contributed by atoms with Crippen LogP contribution < -0.4 is 15.4 Å². The molecule has 94 valence electrons. The quantitative estimate of drug-likeness (QED) is 0.846. The van der Waals surface area contributed by atoms with Crippen LogP contribution in [0.4, 0.5) is 5.82 Å². The second-order valence-corrected chi connectivity index (χ2v) is 4.54. The molecule has 1 aromatic heterocycles. The third-order valence-electron chi connectivity index (χ3n) is 2.98. The molecule has 0 unspecified atom stereocenters. The molecular formula is C12H20N4O. The van der Waals surface area contributed by atoms with Crippen LogP contribution in [0.25, 0.3) is 0 Å². The zero-order valence-corrected chi connectivity index (χ0v) is 10.3. The van der Waals surface area contributed by atoms with Gasteiger partial charge in [0.15, 0.2) is 0 Å². The number of nitrogens with zero attached hydrogens (tertiary/aromatic N) is 3. The molecule has 17 heavy (non-hydrogen) atoms. The van der Waals surface area contributed by atoms with E-state index in [4.69, 9.17) is 10.5 Å². The first-order valence-electron chi connectivity index (χ1n) is 6.19. The van der Waals surface area contributed by atoms with Crippen molar-refractivity contribution in [3.8, 4) is 5.88 Å². The Morgan fingerprint density at radius 3 is 3.18 bits per heavy atom. The van der Waals surface area contributed by atoms with Gasteiger partial charge in [-0.15, -0.1) is 0 Å². The molecule has 1 aliphatic rings. The molecule has 1 atom stereocenters. The van der Waals surface area contributed by atoms with E-state index >= 15 is 0 Å². The summed E-state index contributed by atoms with van der Waals surface area (Å²) in [4.78, 5) is 10.7. The van der Waals surface area contributed by atoms with Crippen LogP contribution in [-0.2, 0) is 0 Å². The van der Waals surface area contributed by atoms with E-state index in [0.717, 1.165) is 24.8 Å². The lowest BCUT2D eigenvalue weighted by atomic mass is 10.0. The van der Waals surface area contributed by atoms with E-state index in [1.54, 1.807) is 6.33 Å². The summed E-state index contributed by atoms with van der Waals surface area (Å²) in [5.41, 5.74) is 5.40. The molecule has 0 aromatic carbocycles. The van der Waals surface area contributed by atoms with E-state index in [2.05, 4.69) is 21.8 Å². The molecule has 0 aliphatic carbocycles. The van der Waals surface area contributed by atoms with Crippen molar-refractivity contribution in [1.29, 1.82) is 0 Å². The molecule has 0 radical (unpaired) electrons. The predicted molar refractivity (Wildman–Crippen MR) is 67.2 cm³/mol. The number of anilines is 1. The Morgan fingerprint density at radius 1 is 1.53 bits per heavy atom. The van der Waals surface area contributed by atoms with E-state index in [-0.39, 0.29) is 0 Å². The highest BCUT2D eigenvalue weighted by atomic mass is 16.5. The van der Waals surface area contributed by atoms with Crippen LogP contribution in [-0.4, -0.2) is 36.2 Å². The van der Waals surface area contributed by atoms with Gasteiger partial charge in [0.05, 0.1) is 0 Å². The molecule has 1 fully saturated rings. The summed E-state index contributed by atoms with van der Waals surface area (Å²) in [6, 6.07) is 1.90. The fourth-order valence-corrected chi connectivity index (χ4v) is 2.14. The monoisotopic (exact) mass is 236 g/mol. The van der Waals surface area contributed by atoms with Gasteiger partial charge in [0.1, 0.15) is 18.8 Å². The largest absolute Gasteiger partial charge is 0.476 e. The Morgan fingerprint density at radius 2 is 2.41 bits per heavy atom.